The number of ether oxygens (including phenoxy) is 1. The van der Waals surface area contributed by atoms with E-state index in [1.165, 1.54) is 33.5 Å². The van der Waals surface area contributed by atoms with Crippen molar-refractivity contribution in [3.05, 3.63) is 125 Å². The zero-order valence-electron chi connectivity index (χ0n) is 22.7. The van der Waals surface area contributed by atoms with E-state index in [-0.39, 0.29) is 23.9 Å². The van der Waals surface area contributed by atoms with Crippen molar-refractivity contribution >= 4 is 39.1 Å². The van der Waals surface area contributed by atoms with Crippen LogP contribution in [0.4, 0.5) is 5.69 Å². The molecule has 0 bridgehead atoms. The van der Waals surface area contributed by atoms with Crippen LogP contribution in [0.1, 0.15) is 11.1 Å². The van der Waals surface area contributed by atoms with Gasteiger partial charge in [-0.15, -0.1) is 0 Å². The van der Waals surface area contributed by atoms with Crippen molar-refractivity contribution < 1.29 is 22.7 Å². The van der Waals surface area contributed by atoms with E-state index in [0.29, 0.717) is 29.4 Å². The second-order valence-electron chi connectivity index (χ2n) is 9.81. The molecule has 0 aromatic heterocycles. The zero-order valence-corrected chi connectivity index (χ0v) is 24.3. The van der Waals surface area contributed by atoms with Crippen LogP contribution in [0.2, 0.25) is 5.02 Å². The van der Waals surface area contributed by atoms with Gasteiger partial charge in [-0.05, 0) is 53.9 Å². The fraction of sp³-hybridized carbons (Fsp3) is 0.188. The maximum absolute atomic E-state index is 13.9. The lowest BCUT2D eigenvalue weighted by Gasteiger charge is -2.35. The Morgan fingerprint density at radius 1 is 0.857 bits per heavy atom. The van der Waals surface area contributed by atoms with E-state index in [9.17, 15) is 18.0 Å². The SMILES string of the molecule is O=C(NCc1ccccc1)[C@H]1CN(C(=O)CN(CCc2ccccc2)S(=O)(=O)c2ccc(Cl)cc2)c2ccccc2O1. The summed E-state index contributed by atoms with van der Waals surface area (Å²) in [6.45, 7) is -0.107. The van der Waals surface area contributed by atoms with Gasteiger partial charge >= 0.3 is 0 Å². The molecule has 42 heavy (non-hydrogen) atoms. The third-order valence-electron chi connectivity index (χ3n) is 6.93. The summed E-state index contributed by atoms with van der Waals surface area (Å²) in [5.74, 6) is -0.480. The molecular formula is C32H30ClN3O5S. The summed E-state index contributed by atoms with van der Waals surface area (Å²) in [7, 11) is -4.05. The fourth-order valence-electron chi connectivity index (χ4n) is 4.68. The monoisotopic (exact) mass is 603 g/mol. The highest BCUT2D eigenvalue weighted by molar-refractivity contribution is 7.89. The normalized spacial score (nSPS) is 14.6. The molecule has 216 valence electrons. The van der Waals surface area contributed by atoms with Crippen LogP contribution in [-0.4, -0.2) is 50.3 Å². The average molecular weight is 604 g/mol. The van der Waals surface area contributed by atoms with Crippen LogP contribution in [0.5, 0.6) is 5.75 Å². The molecule has 2 amide bonds. The maximum atomic E-state index is 13.9. The third-order valence-corrected chi connectivity index (χ3v) is 9.04. The van der Waals surface area contributed by atoms with Crippen molar-refractivity contribution in [1.29, 1.82) is 0 Å². The minimum atomic E-state index is -4.05. The van der Waals surface area contributed by atoms with Crippen LogP contribution in [0.15, 0.2) is 114 Å². The predicted octanol–water partition coefficient (Wildman–Crippen LogP) is 4.68. The molecule has 8 nitrogen and oxygen atoms in total. The van der Waals surface area contributed by atoms with Crippen molar-refractivity contribution in [1.82, 2.24) is 9.62 Å². The third kappa shape index (κ3) is 6.99. The number of halogens is 1. The lowest BCUT2D eigenvalue weighted by molar-refractivity contribution is -0.128. The number of nitrogens with zero attached hydrogens (tertiary/aromatic N) is 2. The van der Waals surface area contributed by atoms with E-state index < -0.39 is 28.6 Å². The van der Waals surface area contributed by atoms with Crippen LogP contribution >= 0.6 is 11.6 Å². The zero-order chi connectivity index (χ0) is 29.5. The summed E-state index contributed by atoms with van der Waals surface area (Å²) >= 11 is 6.00. The van der Waals surface area contributed by atoms with E-state index in [2.05, 4.69) is 5.32 Å². The highest BCUT2D eigenvalue weighted by Crippen LogP contribution is 2.33. The molecule has 10 heteroatoms. The molecule has 0 radical (unpaired) electrons. The molecule has 4 aromatic carbocycles. The lowest BCUT2D eigenvalue weighted by Crippen LogP contribution is -2.53. The van der Waals surface area contributed by atoms with E-state index in [0.717, 1.165) is 11.1 Å². The quantitative estimate of drug-likeness (QED) is 0.284. The molecule has 0 fully saturated rings. The number of carbonyl (C=O) groups is 2. The fourth-order valence-corrected chi connectivity index (χ4v) is 6.20. The number of hydrogen-bond donors (Lipinski definition) is 1. The first-order chi connectivity index (χ1) is 20.3. The van der Waals surface area contributed by atoms with Crippen LogP contribution in [0, 0.1) is 0 Å². The number of para-hydroxylation sites is 2. The van der Waals surface area contributed by atoms with Crippen molar-refractivity contribution in [2.45, 2.75) is 24.0 Å². The number of rotatable bonds is 10. The number of amides is 2. The van der Waals surface area contributed by atoms with Gasteiger partial charge < -0.3 is 15.0 Å². The Kier molecular flexibility index (Phi) is 9.22. The lowest BCUT2D eigenvalue weighted by atomic mass is 10.1. The number of fused-ring (bicyclic) bond motifs is 1. The molecule has 0 saturated heterocycles. The Balaban J connectivity index is 1.38. The van der Waals surface area contributed by atoms with E-state index in [1.54, 1.807) is 24.3 Å². The minimum Gasteiger partial charge on any atom is -0.477 e. The van der Waals surface area contributed by atoms with E-state index >= 15 is 0 Å². The summed E-state index contributed by atoms with van der Waals surface area (Å²) < 4.78 is 34.6. The minimum absolute atomic E-state index is 0.0355. The molecule has 1 heterocycles. The molecule has 4 aromatic rings. The highest BCUT2D eigenvalue weighted by atomic mass is 35.5. The Hall–Kier alpha value is -4.18. The van der Waals surface area contributed by atoms with Crippen LogP contribution < -0.4 is 15.0 Å². The Morgan fingerprint density at radius 3 is 2.17 bits per heavy atom. The van der Waals surface area contributed by atoms with E-state index in [1.807, 2.05) is 60.7 Å². The summed E-state index contributed by atoms with van der Waals surface area (Å²) in [4.78, 5) is 28.4. The molecule has 1 atom stereocenters. The molecule has 0 aliphatic carbocycles. The van der Waals surface area contributed by atoms with Gasteiger partial charge in [-0.2, -0.15) is 4.31 Å². The number of sulfonamides is 1. The smallest absolute Gasteiger partial charge is 0.263 e. The van der Waals surface area contributed by atoms with Gasteiger partial charge in [-0.3, -0.25) is 9.59 Å². The van der Waals surface area contributed by atoms with Crippen molar-refractivity contribution in [3.8, 4) is 5.75 Å². The first kappa shape index (κ1) is 29.3. The topological polar surface area (TPSA) is 96.0 Å². The van der Waals surface area contributed by atoms with Crippen LogP contribution in [-0.2, 0) is 32.6 Å². The molecule has 5 rings (SSSR count). The van der Waals surface area contributed by atoms with Crippen LogP contribution in [0.3, 0.4) is 0 Å². The number of anilines is 1. The largest absolute Gasteiger partial charge is 0.477 e. The molecule has 0 saturated carbocycles. The second-order valence-corrected chi connectivity index (χ2v) is 12.2. The molecule has 0 spiro atoms. The molecule has 0 unspecified atom stereocenters. The van der Waals surface area contributed by atoms with Gasteiger partial charge in [0.25, 0.3) is 5.91 Å². The summed E-state index contributed by atoms with van der Waals surface area (Å²) in [5, 5.41) is 3.27. The molecule has 1 N–H and O–H groups in total. The number of nitrogens with one attached hydrogen (secondary N) is 1. The highest BCUT2D eigenvalue weighted by Gasteiger charge is 2.36. The van der Waals surface area contributed by atoms with Gasteiger partial charge in [-0.25, -0.2) is 8.42 Å². The summed E-state index contributed by atoms with van der Waals surface area (Å²) in [6.07, 6.45) is -0.566. The molecular weight excluding hydrogens is 574 g/mol. The van der Waals surface area contributed by atoms with Gasteiger partial charge in [0.15, 0.2) is 6.10 Å². The molecule has 1 aliphatic heterocycles. The first-order valence-corrected chi connectivity index (χ1v) is 15.3. The standard InChI is InChI=1S/C32H30ClN3O5S/c33-26-15-17-27(18-16-26)42(39,40)35(20-19-24-9-3-1-4-10-24)23-31(37)36-22-30(41-29-14-8-7-13-28(29)36)32(38)34-21-25-11-5-2-6-12-25/h1-18,30H,19-23H2,(H,34,38)/t30-/m1/s1. The number of hydrogen-bond acceptors (Lipinski definition) is 5. The van der Waals surface area contributed by atoms with Crippen molar-refractivity contribution in [2.24, 2.45) is 0 Å². The van der Waals surface area contributed by atoms with Gasteiger partial charge in [0.1, 0.15) is 5.75 Å². The van der Waals surface area contributed by atoms with Crippen molar-refractivity contribution in [2.75, 3.05) is 24.5 Å². The average Bonchev–Trinajstić information content (AvgIpc) is 3.02. The van der Waals surface area contributed by atoms with Gasteiger partial charge in [0.2, 0.25) is 15.9 Å². The van der Waals surface area contributed by atoms with Gasteiger partial charge in [-0.1, -0.05) is 84.4 Å². The summed E-state index contributed by atoms with van der Waals surface area (Å²) in [5.41, 5.74) is 2.34. The Morgan fingerprint density at radius 2 is 1.48 bits per heavy atom. The first-order valence-electron chi connectivity index (χ1n) is 13.5. The molecule has 1 aliphatic rings. The maximum Gasteiger partial charge on any atom is 0.263 e. The second kappa shape index (κ2) is 13.2. The van der Waals surface area contributed by atoms with Crippen molar-refractivity contribution in [3.63, 3.8) is 0 Å². The Labute approximate surface area is 250 Å². The van der Waals surface area contributed by atoms with Gasteiger partial charge in [0, 0.05) is 18.1 Å². The predicted molar refractivity (Wildman–Crippen MR) is 162 cm³/mol. The number of carbonyl (C=O) groups excluding carboxylic acids is 2. The Bertz CT molecular complexity index is 1630. The number of benzene rings is 4. The summed E-state index contributed by atoms with van der Waals surface area (Å²) in [6, 6.07) is 31.7. The van der Waals surface area contributed by atoms with E-state index in [4.69, 9.17) is 16.3 Å². The van der Waals surface area contributed by atoms with Gasteiger partial charge in [0.05, 0.1) is 23.7 Å². The van der Waals surface area contributed by atoms with Crippen LogP contribution in [0.25, 0.3) is 0 Å².